The summed E-state index contributed by atoms with van der Waals surface area (Å²) in [4.78, 5) is 0. The van der Waals surface area contributed by atoms with Gasteiger partial charge < -0.3 is 10.4 Å². The third-order valence-corrected chi connectivity index (χ3v) is 1.85. The Morgan fingerprint density at radius 2 is 2.29 bits per heavy atom. The maximum absolute atomic E-state index is 12.6. The second-order valence-corrected chi connectivity index (χ2v) is 3.00. The van der Waals surface area contributed by atoms with Crippen LogP contribution >= 0.6 is 0 Å². The summed E-state index contributed by atoms with van der Waals surface area (Å²) in [6.07, 6.45) is 4.60. The Balaban J connectivity index is 2.62. The fourth-order valence-electron chi connectivity index (χ4n) is 1.10. The zero-order valence-electron chi connectivity index (χ0n) is 8.13. The van der Waals surface area contributed by atoms with Gasteiger partial charge in [0, 0.05) is 11.6 Å². The number of hydrogen-bond donors (Lipinski definition) is 2. The van der Waals surface area contributed by atoms with E-state index in [9.17, 15) is 9.50 Å². The van der Waals surface area contributed by atoms with Crippen LogP contribution in [0.15, 0.2) is 24.3 Å². The van der Waals surface area contributed by atoms with E-state index in [1.54, 1.807) is 12.1 Å². The summed E-state index contributed by atoms with van der Waals surface area (Å²) >= 11 is 0. The lowest BCUT2D eigenvalue weighted by molar-refractivity contribution is 0.468. The van der Waals surface area contributed by atoms with Gasteiger partial charge in [-0.15, -0.1) is 0 Å². The number of rotatable bonds is 4. The monoisotopic (exact) mass is 195 g/mol. The number of phenolic OH excluding ortho intramolecular Hbond substituents is 1. The van der Waals surface area contributed by atoms with Crippen molar-refractivity contribution in [1.29, 1.82) is 0 Å². The predicted molar refractivity (Wildman–Crippen MR) is 55.6 cm³/mol. The van der Waals surface area contributed by atoms with Gasteiger partial charge in [0.05, 0.1) is 0 Å². The summed E-state index contributed by atoms with van der Waals surface area (Å²) < 4.78 is 12.6. The van der Waals surface area contributed by atoms with Crippen LogP contribution < -0.4 is 5.32 Å². The normalized spacial score (nSPS) is 11.0. The Bertz CT molecular complexity index is 323. The molecule has 14 heavy (non-hydrogen) atoms. The van der Waals surface area contributed by atoms with Crippen LogP contribution in [0.5, 0.6) is 5.75 Å². The van der Waals surface area contributed by atoms with E-state index in [1.807, 2.05) is 13.1 Å². The average molecular weight is 195 g/mol. The number of benzene rings is 1. The molecule has 0 saturated heterocycles. The molecule has 1 rings (SSSR count). The molecule has 0 atom stereocenters. The number of aromatic hydroxyl groups is 1. The Labute approximate surface area is 83.1 Å². The summed E-state index contributed by atoms with van der Waals surface area (Å²) in [5.74, 6) is -0.444. The maximum atomic E-state index is 12.6. The van der Waals surface area contributed by atoms with Crippen molar-refractivity contribution in [3.8, 4) is 5.75 Å². The third-order valence-electron chi connectivity index (χ3n) is 1.85. The van der Waals surface area contributed by atoms with Crippen LogP contribution in [0, 0.1) is 5.82 Å². The molecule has 3 heteroatoms. The molecular formula is C11H14FNO. The van der Waals surface area contributed by atoms with Gasteiger partial charge in [-0.2, -0.15) is 0 Å². The van der Waals surface area contributed by atoms with Crippen molar-refractivity contribution < 1.29 is 9.50 Å². The van der Waals surface area contributed by atoms with Gasteiger partial charge in [0.2, 0.25) is 0 Å². The first-order chi connectivity index (χ1) is 6.74. The minimum Gasteiger partial charge on any atom is -0.507 e. The topological polar surface area (TPSA) is 32.3 Å². The van der Waals surface area contributed by atoms with E-state index in [-0.39, 0.29) is 5.75 Å². The smallest absolute Gasteiger partial charge is 0.126 e. The molecule has 0 aromatic heterocycles. The molecular weight excluding hydrogens is 181 g/mol. The van der Waals surface area contributed by atoms with E-state index in [0.29, 0.717) is 5.56 Å². The number of nitrogens with one attached hydrogen (secondary N) is 1. The van der Waals surface area contributed by atoms with E-state index in [2.05, 4.69) is 5.32 Å². The summed E-state index contributed by atoms with van der Waals surface area (Å²) in [6.45, 7) is 0.887. The van der Waals surface area contributed by atoms with Crippen LogP contribution in [-0.4, -0.2) is 18.7 Å². The Hall–Kier alpha value is -1.35. The predicted octanol–water partition coefficient (Wildman–Crippen LogP) is 2.15. The van der Waals surface area contributed by atoms with Gasteiger partial charge >= 0.3 is 0 Å². The van der Waals surface area contributed by atoms with Crippen molar-refractivity contribution in [2.75, 3.05) is 13.6 Å². The van der Waals surface area contributed by atoms with Crippen molar-refractivity contribution >= 4 is 6.08 Å². The highest BCUT2D eigenvalue weighted by Gasteiger charge is 1.97. The molecule has 2 nitrogen and oxygen atoms in total. The molecule has 0 unspecified atom stereocenters. The molecule has 0 spiro atoms. The number of hydrogen-bond acceptors (Lipinski definition) is 2. The molecule has 0 fully saturated rings. The van der Waals surface area contributed by atoms with Gasteiger partial charge in [-0.25, -0.2) is 4.39 Å². The molecule has 0 aliphatic rings. The van der Waals surface area contributed by atoms with Crippen molar-refractivity contribution in [1.82, 2.24) is 5.32 Å². The van der Waals surface area contributed by atoms with Crippen LogP contribution in [0.4, 0.5) is 4.39 Å². The van der Waals surface area contributed by atoms with E-state index in [1.165, 1.54) is 6.07 Å². The lowest BCUT2D eigenvalue weighted by Crippen LogP contribution is -2.05. The van der Waals surface area contributed by atoms with E-state index < -0.39 is 5.82 Å². The minimum absolute atomic E-state index is 0.0225. The first kappa shape index (κ1) is 10.7. The van der Waals surface area contributed by atoms with E-state index in [4.69, 9.17) is 0 Å². The van der Waals surface area contributed by atoms with Gasteiger partial charge in [-0.3, -0.25) is 0 Å². The van der Waals surface area contributed by atoms with Crippen LogP contribution in [0.3, 0.4) is 0 Å². The molecule has 1 aromatic rings. The Morgan fingerprint density at radius 1 is 1.50 bits per heavy atom. The molecule has 76 valence electrons. The fourth-order valence-corrected chi connectivity index (χ4v) is 1.10. The highest BCUT2D eigenvalue weighted by Crippen LogP contribution is 2.19. The molecule has 0 bridgehead atoms. The van der Waals surface area contributed by atoms with Gasteiger partial charge in [0.1, 0.15) is 11.6 Å². The van der Waals surface area contributed by atoms with Crippen molar-refractivity contribution in [3.05, 3.63) is 35.7 Å². The number of halogens is 1. The maximum Gasteiger partial charge on any atom is 0.126 e. The zero-order valence-corrected chi connectivity index (χ0v) is 8.13. The quantitative estimate of drug-likeness (QED) is 0.721. The van der Waals surface area contributed by atoms with Gasteiger partial charge in [-0.1, -0.05) is 12.2 Å². The first-order valence-electron chi connectivity index (χ1n) is 4.53. The SMILES string of the molecule is CNCCC=Cc1ccc(F)cc1O. The molecule has 0 radical (unpaired) electrons. The molecule has 0 heterocycles. The highest BCUT2D eigenvalue weighted by atomic mass is 19.1. The highest BCUT2D eigenvalue weighted by molar-refractivity contribution is 5.56. The van der Waals surface area contributed by atoms with Crippen molar-refractivity contribution in [2.24, 2.45) is 0 Å². The lowest BCUT2D eigenvalue weighted by atomic mass is 10.1. The lowest BCUT2D eigenvalue weighted by Gasteiger charge is -1.98. The van der Waals surface area contributed by atoms with E-state index in [0.717, 1.165) is 19.0 Å². The molecule has 0 aliphatic carbocycles. The second kappa shape index (κ2) is 5.40. The van der Waals surface area contributed by atoms with Gasteiger partial charge in [-0.05, 0) is 32.1 Å². The van der Waals surface area contributed by atoms with Crippen molar-refractivity contribution in [3.63, 3.8) is 0 Å². The largest absolute Gasteiger partial charge is 0.507 e. The van der Waals surface area contributed by atoms with Crippen molar-refractivity contribution in [2.45, 2.75) is 6.42 Å². The van der Waals surface area contributed by atoms with Crippen LogP contribution in [0.25, 0.3) is 6.08 Å². The third kappa shape index (κ3) is 3.18. The first-order valence-corrected chi connectivity index (χ1v) is 4.53. The summed E-state index contributed by atoms with van der Waals surface area (Å²) in [5.41, 5.74) is 0.641. The zero-order chi connectivity index (χ0) is 10.4. The molecule has 1 aromatic carbocycles. The molecule has 0 aliphatic heterocycles. The van der Waals surface area contributed by atoms with Crippen LogP contribution in [-0.2, 0) is 0 Å². The average Bonchev–Trinajstić information content (AvgIpc) is 2.15. The molecule has 0 saturated carbocycles. The number of phenols is 1. The standard InChI is InChI=1S/C11H14FNO/c1-13-7-3-2-4-9-5-6-10(12)8-11(9)14/h2,4-6,8,13-14H,3,7H2,1H3. The van der Waals surface area contributed by atoms with Gasteiger partial charge in [0.15, 0.2) is 0 Å². The summed E-state index contributed by atoms with van der Waals surface area (Å²) in [6, 6.07) is 4.00. The minimum atomic E-state index is -0.421. The van der Waals surface area contributed by atoms with Crippen LogP contribution in [0.1, 0.15) is 12.0 Å². The second-order valence-electron chi connectivity index (χ2n) is 3.00. The van der Waals surface area contributed by atoms with E-state index >= 15 is 0 Å². The summed E-state index contributed by atoms with van der Waals surface area (Å²) in [5, 5.41) is 12.3. The summed E-state index contributed by atoms with van der Waals surface area (Å²) in [7, 11) is 1.88. The molecule has 2 N–H and O–H groups in total. The van der Waals surface area contributed by atoms with Crippen LogP contribution in [0.2, 0.25) is 0 Å². The molecule has 0 amide bonds. The van der Waals surface area contributed by atoms with Gasteiger partial charge in [0.25, 0.3) is 0 Å². The Morgan fingerprint density at radius 3 is 2.93 bits per heavy atom. The fraction of sp³-hybridized carbons (Fsp3) is 0.273. The Kier molecular flexibility index (Phi) is 4.13.